The Morgan fingerprint density at radius 2 is 2.00 bits per heavy atom. The maximum atomic E-state index is 13.3. The summed E-state index contributed by atoms with van der Waals surface area (Å²) < 4.78 is 13.3. The zero-order valence-electron chi connectivity index (χ0n) is 9.80. The van der Waals surface area contributed by atoms with Gasteiger partial charge in [0.25, 0.3) is 0 Å². The van der Waals surface area contributed by atoms with Gasteiger partial charge in [-0.05, 0) is 37.0 Å². The summed E-state index contributed by atoms with van der Waals surface area (Å²) in [5.41, 5.74) is 5.07. The number of rotatable bonds is 3. The first kappa shape index (κ1) is 11.6. The predicted molar refractivity (Wildman–Crippen MR) is 63.4 cm³/mol. The van der Waals surface area contributed by atoms with Crippen LogP contribution in [0.3, 0.4) is 0 Å². The van der Waals surface area contributed by atoms with E-state index in [0.717, 1.165) is 25.2 Å². The summed E-state index contributed by atoms with van der Waals surface area (Å²) in [6.07, 6.45) is 3.85. The minimum absolute atomic E-state index is 0.113. The van der Waals surface area contributed by atoms with Crippen LogP contribution in [0.2, 0.25) is 0 Å². The summed E-state index contributed by atoms with van der Waals surface area (Å²) in [7, 11) is 0. The third-order valence-electron chi connectivity index (χ3n) is 3.10. The zero-order valence-corrected chi connectivity index (χ0v) is 9.80. The highest BCUT2D eigenvalue weighted by molar-refractivity contribution is 5.23. The molecule has 0 unspecified atom stereocenters. The van der Waals surface area contributed by atoms with Crippen LogP contribution in [0.15, 0.2) is 18.2 Å². The summed E-state index contributed by atoms with van der Waals surface area (Å²) in [4.78, 5) is 0. The van der Waals surface area contributed by atoms with E-state index >= 15 is 0 Å². The number of piperidine rings is 1. The van der Waals surface area contributed by atoms with Crippen LogP contribution in [-0.4, -0.2) is 18.1 Å². The monoisotopic (exact) mass is 222 g/mol. The summed E-state index contributed by atoms with van der Waals surface area (Å²) >= 11 is 0. The van der Waals surface area contributed by atoms with Crippen molar-refractivity contribution in [3.05, 3.63) is 35.1 Å². The maximum Gasteiger partial charge on any atom is 0.126 e. The lowest BCUT2D eigenvalue weighted by atomic mass is 10.1. The van der Waals surface area contributed by atoms with Gasteiger partial charge in [-0.3, -0.25) is 5.43 Å². The third-order valence-corrected chi connectivity index (χ3v) is 3.10. The summed E-state index contributed by atoms with van der Waals surface area (Å²) in [6.45, 7) is 4.72. The average Bonchev–Trinajstić information content (AvgIpc) is 2.32. The Morgan fingerprint density at radius 3 is 2.69 bits per heavy atom. The van der Waals surface area contributed by atoms with Crippen LogP contribution in [0.5, 0.6) is 0 Å². The number of nitrogens with zero attached hydrogens (tertiary/aromatic N) is 1. The minimum atomic E-state index is -0.113. The van der Waals surface area contributed by atoms with Gasteiger partial charge in [0.15, 0.2) is 0 Å². The van der Waals surface area contributed by atoms with E-state index < -0.39 is 0 Å². The van der Waals surface area contributed by atoms with Crippen LogP contribution in [0.4, 0.5) is 4.39 Å². The zero-order chi connectivity index (χ0) is 11.4. The Labute approximate surface area is 96.4 Å². The van der Waals surface area contributed by atoms with E-state index in [1.165, 1.54) is 19.3 Å². The highest BCUT2D eigenvalue weighted by Gasteiger charge is 2.09. The molecule has 0 spiro atoms. The molecular formula is C13H19FN2. The lowest BCUT2D eigenvalue weighted by Gasteiger charge is -2.27. The van der Waals surface area contributed by atoms with E-state index in [1.807, 2.05) is 12.1 Å². The van der Waals surface area contributed by atoms with Gasteiger partial charge in [-0.25, -0.2) is 9.40 Å². The molecule has 1 aromatic carbocycles. The van der Waals surface area contributed by atoms with Gasteiger partial charge in [-0.15, -0.1) is 0 Å². The van der Waals surface area contributed by atoms with Crippen molar-refractivity contribution in [3.63, 3.8) is 0 Å². The second kappa shape index (κ2) is 5.41. The molecule has 0 amide bonds. The molecule has 0 aliphatic carbocycles. The van der Waals surface area contributed by atoms with Gasteiger partial charge in [0, 0.05) is 19.6 Å². The number of hydrogen-bond donors (Lipinski definition) is 1. The van der Waals surface area contributed by atoms with Gasteiger partial charge in [0.05, 0.1) is 0 Å². The van der Waals surface area contributed by atoms with E-state index in [-0.39, 0.29) is 5.82 Å². The molecular weight excluding hydrogens is 203 g/mol. The van der Waals surface area contributed by atoms with Crippen molar-refractivity contribution in [2.24, 2.45) is 0 Å². The molecule has 1 aliphatic rings. The SMILES string of the molecule is Cc1ccc(CNN2CCCCC2)cc1F. The first-order valence-electron chi connectivity index (χ1n) is 5.99. The summed E-state index contributed by atoms with van der Waals surface area (Å²) in [5.74, 6) is -0.113. The number of aryl methyl sites for hydroxylation is 1. The summed E-state index contributed by atoms with van der Waals surface area (Å²) in [5, 5.41) is 2.24. The number of hydrogen-bond acceptors (Lipinski definition) is 2. The molecule has 0 radical (unpaired) electrons. The largest absolute Gasteiger partial charge is 0.251 e. The van der Waals surface area contributed by atoms with Crippen LogP contribution in [0, 0.1) is 12.7 Å². The second-order valence-corrected chi connectivity index (χ2v) is 4.47. The summed E-state index contributed by atoms with van der Waals surface area (Å²) in [6, 6.07) is 5.43. The van der Waals surface area contributed by atoms with E-state index in [2.05, 4.69) is 10.4 Å². The number of nitrogens with one attached hydrogen (secondary N) is 1. The van der Waals surface area contributed by atoms with Gasteiger partial charge in [0.1, 0.15) is 5.82 Å². The van der Waals surface area contributed by atoms with Gasteiger partial charge < -0.3 is 0 Å². The van der Waals surface area contributed by atoms with Crippen LogP contribution >= 0.6 is 0 Å². The number of benzene rings is 1. The van der Waals surface area contributed by atoms with Gasteiger partial charge in [0.2, 0.25) is 0 Å². The smallest absolute Gasteiger partial charge is 0.126 e. The van der Waals surface area contributed by atoms with Crippen molar-refractivity contribution in [3.8, 4) is 0 Å². The molecule has 1 aliphatic heterocycles. The Bertz CT molecular complexity index is 346. The fourth-order valence-electron chi connectivity index (χ4n) is 2.00. The molecule has 1 N–H and O–H groups in total. The average molecular weight is 222 g/mol. The van der Waals surface area contributed by atoms with Crippen molar-refractivity contribution in [1.82, 2.24) is 10.4 Å². The first-order valence-corrected chi connectivity index (χ1v) is 5.99. The first-order chi connectivity index (χ1) is 7.75. The molecule has 1 aromatic rings. The highest BCUT2D eigenvalue weighted by atomic mass is 19.1. The molecule has 1 saturated heterocycles. The van der Waals surface area contributed by atoms with Crippen molar-refractivity contribution < 1.29 is 4.39 Å². The Hall–Kier alpha value is -0.930. The molecule has 0 aromatic heterocycles. The second-order valence-electron chi connectivity index (χ2n) is 4.47. The molecule has 0 bridgehead atoms. The molecule has 0 atom stereocenters. The van der Waals surface area contributed by atoms with Gasteiger partial charge >= 0.3 is 0 Å². The van der Waals surface area contributed by atoms with E-state index in [1.54, 1.807) is 13.0 Å². The Balaban J connectivity index is 1.86. The van der Waals surface area contributed by atoms with Crippen molar-refractivity contribution >= 4 is 0 Å². The van der Waals surface area contributed by atoms with Crippen molar-refractivity contribution in [2.45, 2.75) is 32.7 Å². The maximum absolute atomic E-state index is 13.3. The van der Waals surface area contributed by atoms with Crippen LogP contribution in [-0.2, 0) is 6.54 Å². The fraction of sp³-hybridized carbons (Fsp3) is 0.538. The molecule has 2 nitrogen and oxygen atoms in total. The quantitative estimate of drug-likeness (QED) is 0.845. The molecule has 16 heavy (non-hydrogen) atoms. The van der Waals surface area contributed by atoms with Crippen molar-refractivity contribution in [1.29, 1.82) is 0 Å². The fourth-order valence-corrected chi connectivity index (χ4v) is 2.00. The van der Waals surface area contributed by atoms with Gasteiger partial charge in [-0.2, -0.15) is 0 Å². The molecule has 1 heterocycles. The molecule has 0 saturated carbocycles. The minimum Gasteiger partial charge on any atom is -0.251 e. The standard InChI is InChI=1S/C13H19FN2/c1-11-5-6-12(9-13(11)14)10-15-16-7-3-2-4-8-16/h5-6,9,15H,2-4,7-8,10H2,1H3. The van der Waals surface area contributed by atoms with Crippen LogP contribution < -0.4 is 5.43 Å². The Morgan fingerprint density at radius 1 is 1.25 bits per heavy atom. The molecule has 88 valence electrons. The van der Waals surface area contributed by atoms with E-state index in [9.17, 15) is 4.39 Å². The Kier molecular flexibility index (Phi) is 3.91. The highest BCUT2D eigenvalue weighted by Crippen LogP contribution is 2.10. The number of halogens is 1. The lowest BCUT2D eigenvalue weighted by Crippen LogP contribution is -2.41. The predicted octanol–water partition coefficient (Wildman–Crippen LogP) is 2.62. The lowest BCUT2D eigenvalue weighted by molar-refractivity contribution is 0.151. The van der Waals surface area contributed by atoms with Crippen LogP contribution in [0.25, 0.3) is 0 Å². The topological polar surface area (TPSA) is 15.3 Å². The molecule has 2 rings (SSSR count). The molecule has 1 fully saturated rings. The normalized spacial score (nSPS) is 17.6. The van der Waals surface area contributed by atoms with E-state index in [4.69, 9.17) is 0 Å². The van der Waals surface area contributed by atoms with Gasteiger partial charge in [-0.1, -0.05) is 18.6 Å². The van der Waals surface area contributed by atoms with Crippen LogP contribution in [0.1, 0.15) is 30.4 Å². The third kappa shape index (κ3) is 3.03. The van der Waals surface area contributed by atoms with Crippen molar-refractivity contribution in [2.75, 3.05) is 13.1 Å². The van der Waals surface area contributed by atoms with E-state index in [0.29, 0.717) is 5.56 Å². The molecule has 3 heteroatoms. The number of hydrazine groups is 1.